The van der Waals surface area contributed by atoms with E-state index in [0.717, 1.165) is 11.7 Å². The van der Waals surface area contributed by atoms with Crippen molar-refractivity contribution in [1.82, 2.24) is 29.3 Å². The number of anilines is 2. The van der Waals surface area contributed by atoms with E-state index in [-0.39, 0.29) is 37.5 Å². The van der Waals surface area contributed by atoms with Crippen LogP contribution in [-0.2, 0) is 38.1 Å². The Labute approximate surface area is 324 Å². The van der Waals surface area contributed by atoms with Crippen molar-refractivity contribution < 1.29 is 42.9 Å². The maximum Gasteiger partial charge on any atom is 0.347 e. The number of esters is 3. The van der Waals surface area contributed by atoms with Gasteiger partial charge in [-0.25, -0.2) is 9.69 Å². The molecule has 3 aromatic rings. The monoisotopic (exact) mass is 833 g/mol. The first-order valence-corrected chi connectivity index (χ1v) is 19.0. The van der Waals surface area contributed by atoms with E-state index in [4.69, 9.17) is 23.7 Å². The van der Waals surface area contributed by atoms with Gasteiger partial charge < -0.3 is 39.2 Å². The minimum atomic E-state index is -1.37. The second-order valence-corrected chi connectivity index (χ2v) is 14.7. The highest BCUT2D eigenvalue weighted by molar-refractivity contribution is 9.10. The highest BCUT2D eigenvalue weighted by atomic mass is 79.9. The number of aliphatic imine (C=N–C) groups is 1. The Hall–Kier alpha value is -4.53. The largest absolute Gasteiger partial charge is 0.470 e. The molecular weight excluding hydrogens is 790 g/mol. The molecule has 1 amide bonds. The first-order chi connectivity index (χ1) is 25.8. The smallest absolute Gasteiger partial charge is 0.347 e. The first-order valence-electron chi connectivity index (χ1n) is 17.4. The lowest BCUT2D eigenvalue weighted by Gasteiger charge is -2.27. The number of halogens is 1. The summed E-state index contributed by atoms with van der Waals surface area (Å²) in [5.41, 5.74) is 1.28. The molecule has 20 heteroatoms. The molecule has 0 saturated carbocycles. The van der Waals surface area contributed by atoms with E-state index < -0.39 is 42.1 Å². The standard InChI is InChI=1S/C34H44BrN9O9S/c1-20(31(47)44(33-38-12-13-39-33)24-7-6-23-28(27(24)35)37-11-10-36-23)52-32(48)21(2)51-25(45)8-9-26(46)53-22(18-40-34(3,4)5)19-50-30-29(41-54-42-30)43-14-16-49-17-15-43/h6-7,10-11,20-22,40H,8-9,12-19H2,1-5H3,(H,38,39)/t20-,21-,22-/m0/s1. The van der Waals surface area contributed by atoms with Gasteiger partial charge in [-0.3, -0.25) is 29.3 Å². The molecule has 5 rings (SSSR count). The molecule has 0 radical (unpaired) electrons. The fourth-order valence-corrected chi connectivity index (χ4v) is 6.39. The fraction of sp³-hybridized carbons (Fsp3) is 0.559. The molecule has 0 bridgehead atoms. The van der Waals surface area contributed by atoms with Gasteiger partial charge in [0, 0.05) is 44.1 Å². The van der Waals surface area contributed by atoms with E-state index in [1.54, 1.807) is 18.3 Å². The summed E-state index contributed by atoms with van der Waals surface area (Å²) in [5, 5.41) is 6.37. The molecule has 54 heavy (non-hydrogen) atoms. The van der Waals surface area contributed by atoms with E-state index in [2.05, 4.69) is 50.3 Å². The van der Waals surface area contributed by atoms with Gasteiger partial charge >= 0.3 is 17.9 Å². The van der Waals surface area contributed by atoms with Crippen LogP contribution >= 0.6 is 27.7 Å². The SMILES string of the molecule is C[C@H](OC(=O)CCC(=O)O[C@@H](CNC(C)(C)C)COc1nsnc1N1CCOCC1)C(=O)O[C@@H](C)C(=O)N(C1=NCCN1)c1ccc2nccnc2c1Br. The van der Waals surface area contributed by atoms with Gasteiger partial charge in [-0.05, 0) is 62.7 Å². The molecule has 1 saturated heterocycles. The number of carbonyl (C=O) groups excluding carboxylic acids is 4. The van der Waals surface area contributed by atoms with Crippen molar-refractivity contribution in [2.75, 3.05) is 62.3 Å². The number of fused-ring (bicyclic) bond motifs is 1. The number of rotatable bonds is 15. The van der Waals surface area contributed by atoms with Gasteiger partial charge in [-0.1, -0.05) is 0 Å². The second-order valence-electron chi connectivity index (χ2n) is 13.4. The van der Waals surface area contributed by atoms with Crippen LogP contribution < -0.4 is 25.2 Å². The normalized spacial score (nSPS) is 16.1. The minimum Gasteiger partial charge on any atom is -0.470 e. The first kappa shape index (κ1) is 40.7. The summed E-state index contributed by atoms with van der Waals surface area (Å²) in [5.74, 6) is -1.82. The topological polar surface area (TPSA) is 209 Å². The average Bonchev–Trinajstić information content (AvgIpc) is 3.86. The predicted octanol–water partition coefficient (Wildman–Crippen LogP) is 2.40. The van der Waals surface area contributed by atoms with Crippen molar-refractivity contribution in [3.8, 4) is 5.88 Å². The third-order valence-electron chi connectivity index (χ3n) is 8.02. The maximum absolute atomic E-state index is 13.8. The van der Waals surface area contributed by atoms with Gasteiger partial charge in [0.15, 0.2) is 12.2 Å². The van der Waals surface area contributed by atoms with Gasteiger partial charge in [0.1, 0.15) is 18.2 Å². The van der Waals surface area contributed by atoms with Crippen LogP contribution in [0.4, 0.5) is 11.5 Å². The van der Waals surface area contributed by atoms with Crippen molar-refractivity contribution in [3.05, 3.63) is 29.0 Å². The molecular formula is C34H44BrN9O9S. The van der Waals surface area contributed by atoms with Gasteiger partial charge in [-0.2, -0.15) is 4.37 Å². The summed E-state index contributed by atoms with van der Waals surface area (Å²) in [6, 6.07) is 3.40. The van der Waals surface area contributed by atoms with Crippen molar-refractivity contribution >= 4 is 80.0 Å². The highest BCUT2D eigenvalue weighted by Crippen LogP contribution is 2.33. The van der Waals surface area contributed by atoms with Crippen molar-refractivity contribution in [1.29, 1.82) is 0 Å². The number of aromatic nitrogens is 4. The Morgan fingerprint density at radius 2 is 1.74 bits per heavy atom. The van der Waals surface area contributed by atoms with Gasteiger partial charge in [0.2, 0.25) is 11.8 Å². The zero-order chi connectivity index (χ0) is 38.8. The number of nitrogens with zero attached hydrogens (tertiary/aromatic N) is 7. The van der Waals surface area contributed by atoms with E-state index in [0.29, 0.717) is 72.3 Å². The van der Waals surface area contributed by atoms with Crippen LogP contribution in [0.25, 0.3) is 11.0 Å². The summed E-state index contributed by atoms with van der Waals surface area (Å²) >= 11 is 4.56. The number of guanidine groups is 1. The molecule has 2 aliphatic heterocycles. The lowest BCUT2D eigenvalue weighted by molar-refractivity contribution is -0.171. The molecule has 4 heterocycles. The second kappa shape index (κ2) is 18.7. The van der Waals surface area contributed by atoms with Crippen molar-refractivity contribution in [3.63, 3.8) is 0 Å². The Kier molecular flexibility index (Phi) is 14.1. The number of benzene rings is 1. The number of amides is 1. The molecule has 18 nitrogen and oxygen atoms in total. The number of carbonyl (C=O) groups is 4. The fourth-order valence-electron chi connectivity index (χ4n) is 5.25. The van der Waals surface area contributed by atoms with E-state index in [1.165, 1.54) is 24.9 Å². The van der Waals surface area contributed by atoms with Crippen LogP contribution in [0.5, 0.6) is 5.88 Å². The van der Waals surface area contributed by atoms with Crippen LogP contribution in [0.15, 0.2) is 34.0 Å². The molecule has 2 N–H and O–H groups in total. The summed E-state index contributed by atoms with van der Waals surface area (Å²) in [4.78, 5) is 68.6. The number of nitrogens with one attached hydrogen (secondary N) is 2. The summed E-state index contributed by atoms with van der Waals surface area (Å²) in [6.07, 6.45) is -0.958. The molecule has 0 unspecified atom stereocenters. The number of hydrogen-bond acceptors (Lipinski definition) is 18. The molecule has 1 fully saturated rings. The van der Waals surface area contributed by atoms with E-state index >= 15 is 0 Å². The summed E-state index contributed by atoms with van der Waals surface area (Å²) in [7, 11) is 0. The molecule has 1 aromatic carbocycles. The van der Waals surface area contributed by atoms with E-state index in [1.807, 2.05) is 25.7 Å². The zero-order valence-corrected chi connectivity index (χ0v) is 33.1. The van der Waals surface area contributed by atoms with Crippen LogP contribution in [0, 0.1) is 0 Å². The third kappa shape index (κ3) is 11.0. The Bertz CT molecular complexity index is 1830. The Morgan fingerprint density at radius 3 is 2.44 bits per heavy atom. The van der Waals surface area contributed by atoms with Gasteiger partial charge in [0.05, 0.1) is 60.0 Å². The maximum atomic E-state index is 13.8. The van der Waals surface area contributed by atoms with Crippen molar-refractivity contribution in [2.24, 2.45) is 4.99 Å². The lowest BCUT2D eigenvalue weighted by atomic mass is 10.1. The molecule has 292 valence electrons. The lowest BCUT2D eigenvalue weighted by Crippen LogP contribution is -2.48. The van der Waals surface area contributed by atoms with Crippen LogP contribution in [0.1, 0.15) is 47.5 Å². The quantitative estimate of drug-likeness (QED) is 0.166. The zero-order valence-electron chi connectivity index (χ0n) is 30.7. The van der Waals surface area contributed by atoms with Crippen LogP contribution in [0.3, 0.4) is 0 Å². The van der Waals surface area contributed by atoms with Crippen molar-refractivity contribution in [2.45, 2.75) is 71.3 Å². The molecule has 2 aromatic heterocycles. The van der Waals surface area contributed by atoms with Crippen LogP contribution in [0.2, 0.25) is 0 Å². The molecule has 0 aliphatic carbocycles. The third-order valence-corrected chi connectivity index (χ3v) is 9.30. The van der Waals surface area contributed by atoms with Gasteiger partial charge in [0.25, 0.3) is 11.8 Å². The molecule has 0 spiro atoms. The minimum absolute atomic E-state index is 0.00541. The number of morpholine rings is 1. The molecule has 2 aliphatic rings. The highest BCUT2D eigenvalue weighted by Gasteiger charge is 2.33. The van der Waals surface area contributed by atoms with Crippen LogP contribution in [-0.4, -0.2) is 125 Å². The van der Waals surface area contributed by atoms with E-state index in [9.17, 15) is 19.2 Å². The number of hydrogen-bond donors (Lipinski definition) is 2. The number of ether oxygens (including phenoxy) is 5. The van der Waals surface area contributed by atoms with Gasteiger partial charge in [-0.15, -0.1) is 4.37 Å². The average molecular weight is 835 g/mol. The summed E-state index contributed by atoms with van der Waals surface area (Å²) in [6.45, 7) is 12.3. The summed E-state index contributed by atoms with van der Waals surface area (Å²) < 4.78 is 36.8. The predicted molar refractivity (Wildman–Crippen MR) is 201 cm³/mol. The Morgan fingerprint density at radius 1 is 1.02 bits per heavy atom. The Balaban J connectivity index is 1.12. The molecule has 3 atom stereocenters.